The Hall–Kier alpha value is -1.30. The summed E-state index contributed by atoms with van der Waals surface area (Å²) in [4.78, 5) is 3.99. The van der Waals surface area contributed by atoms with Crippen LogP contribution in [0, 0.1) is 5.82 Å². The van der Waals surface area contributed by atoms with Crippen LogP contribution in [0.3, 0.4) is 0 Å². The second-order valence-electron chi connectivity index (χ2n) is 4.67. The molecular formula is C15H17BrFN3. The largest absolute Gasteiger partial charge is 0.271 e. The summed E-state index contributed by atoms with van der Waals surface area (Å²) in [6.07, 6.45) is 6.03. The summed E-state index contributed by atoms with van der Waals surface area (Å²) in [7, 11) is 0. The number of rotatable bonds is 6. The number of aromatic nitrogens is 1. The monoisotopic (exact) mass is 337 g/mol. The molecule has 0 fully saturated rings. The van der Waals surface area contributed by atoms with Gasteiger partial charge in [0, 0.05) is 18.4 Å². The van der Waals surface area contributed by atoms with Crippen molar-refractivity contribution < 1.29 is 4.39 Å². The maximum atomic E-state index is 13.5. The maximum absolute atomic E-state index is 13.5. The third-order valence-corrected chi connectivity index (χ3v) is 4.15. The van der Waals surface area contributed by atoms with Gasteiger partial charge in [-0.1, -0.05) is 12.1 Å². The number of hydrogen-bond acceptors (Lipinski definition) is 3. The van der Waals surface area contributed by atoms with Crippen molar-refractivity contribution in [3.8, 4) is 0 Å². The smallest absolute Gasteiger partial charge is 0.137 e. The number of nitrogens with one attached hydrogen (secondary N) is 1. The van der Waals surface area contributed by atoms with E-state index < -0.39 is 0 Å². The van der Waals surface area contributed by atoms with Gasteiger partial charge in [-0.05, 0) is 64.5 Å². The number of pyridine rings is 1. The molecule has 5 heteroatoms. The van der Waals surface area contributed by atoms with Gasteiger partial charge in [0.05, 0.1) is 4.47 Å². The molecule has 2 aromatic rings. The van der Waals surface area contributed by atoms with Crippen LogP contribution in [0.25, 0.3) is 0 Å². The van der Waals surface area contributed by atoms with Crippen LogP contribution < -0.4 is 11.3 Å². The first-order chi connectivity index (χ1) is 9.70. The molecular weight excluding hydrogens is 321 g/mol. The summed E-state index contributed by atoms with van der Waals surface area (Å²) < 4.78 is 14.0. The average molecular weight is 338 g/mol. The van der Waals surface area contributed by atoms with E-state index >= 15 is 0 Å². The van der Waals surface area contributed by atoms with E-state index in [1.807, 2.05) is 18.2 Å². The number of hydrazine groups is 1. The molecule has 20 heavy (non-hydrogen) atoms. The topological polar surface area (TPSA) is 50.9 Å². The number of aryl methyl sites for hydroxylation is 1. The highest BCUT2D eigenvalue weighted by Crippen LogP contribution is 2.22. The molecule has 0 aliphatic heterocycles. The second-order valence-corrected chi connectivity index (χ2v) is 5.47. The average Bonchev–Trinajstić information content (AvgIpc) is 2.49. The van der Waals surface area contributed by atoms with Crippen molar-refractivity contribution in [2.45, 2.75) is 25.3 Å². The van der Waals surface area contributed by atoms with Crippen LogP contribution in [0.15, 0.2) is 47.2 Å². The van der Waals surface area contributed by atoms with Gasteiger partial charge in [0.15, 0.2) is 0 Å². The van der Waals surface area contributed by atoms with Crippen molar-refractivity contribution >= 4 is 15.9 Å². The van der Waals surface area contributed by atoms with Gasteiger partial charge >= 0.3 is 0 Å². The first-order valence-corrected chi connectivity index (χ1v) is 7.28. The minimum atomic E-state index is -0.243. The third kappa shape index (κ3) is 4.10. The van der Waals surface area contributed by atoms with E-state index in [9.17, 15) is 4.39 Å². The molecule has 1 aromatic carbocycles. The van der Waals surface area contributed by atoms with Crippen molar-refractivity contribution in [1.29, 1.82) is 0 Å². The van der Waals surface area contributed by atoms with Gasteiger partial charge in [0.2, 0.25) is 0 Å². The maximum Gasteiger partial charge on any atom is 0.137 e. The van der Waals surface area contributed by atoms with Gasteiger partial charge in [-0.25, -0.2) is 4.39 Å². The van der Waals surface area contributed by atoms with E-state index in [1.54, 1.807) is 18.5 Å². The van der Waals surface area contributed by atoms with Crippen LogP contribution in [0.5, 0.6) is 0 Å². The number of halogens is 2. The van der Waals surface area contributed by atoms with Gasteiger partial charge in [0.25, 0.3) is 0 Å². The van der Waals surface area contributed by atoms with Crippen molar-refractivity contribution in [1.82, 2.24) is 10.4 Å². The third-order valence-electron chi connectivity index (χ3n) is 3.26. The van der Waals surface area contributed by atoms with Crippen LogP contribution in [0.4, 0.5) is 4.39 Å². The fourth-order valence-corrected chi connectivity index (χ4v) is 2.53. The Bertz CT molecular complexity index is 548. The lowest BCUT2D eigenvalue weighted by Gasteiger charge is -2.17. The van der Waals surface area contributed by atoms with Gasteiger partial charge in [-0.2, -0.15) is 0 Å². The zero-order chi connectivity index (χ0) is 14.4. The highest BCUT2D eigenvalue weighted by molar-refractivity contribution is 9.10. The fourth-order valence-electron chi connectivity index (χ4n) is 2.11. The van der Waals surface area contributed by atoms with Crippen LogP contribution in [-0.2, 0) is 12.8 Å². The Balaban J connectivity index is 1.97. The van der Waals surface area contributed by atoms with Crippen molar-refractivity contribution in [3.05, 3.63) is 64.1 Å². The van der Waals surface area contributed by atoms with Gasteiger partial charge < -0.3 is 0 Å². The van der Waals surface area contributed by atoms with E-state index in [4.69, 9.17) is 5.84 Å². The summed E-state index contributed by atoms with van der Waals surface area (Å²) in [5.41, 5.74) is 4.95. The van der Waals surface area contributed by atoms with E-state index in [0.29, 0.717) is 10.9 Å². The summed E-state index contributed by atoms with van der Waals surface area (Å²) in [6, 6.07) is 9.14. The van der Waals surface area contributed by atoms with Crippen molar-refractivity contribution in [2.24, 2.45) is 5.84 Å². The molecule has 0 saturated carbocycles. The van der Waals surface area contributed by atoms with Crippen LogP contribution in [-0.4, -0.2) is 11.0 Å². The van der Waals surface area contributed by atoms with E-state index in [0.717, 1.165) is 18.4 Å². The molecule has 3 N–H and O–H groups in total. The molecule has 0 aliphatic rings. The second kappa shape index (κ2) is 7.47. The Kier molecular flexibility index (Phi) is 5.64. The van der Waals surface area contributed by atoms with Crippen molar-refractivity contribution in [2.75, 3.05) is 0 Å². The number of hydrogen-bond donors (Lipinski definition) is 2. The molecule has 3 nitrogen and oxygen atoms in total. The molecule has 0 aliphatic carbocycles. The lowest BCUT2D eigenvalue weighted by atomic mass is 10.00. The molecule has 106 valence electrons. The number of nitrogens with two attached hydrogens (primary N) is 1. The Morgan fingerprint density at radius 1 is 1.25 bits per heavy atom. The van der Waals surface area contributed by atoms with Crippen molar-refractivity contribution in [3.63, 3.8) is 0 Å². The molecule has 0 radical (unpaired) electrons. The molecule has 1 unspecified atom stereocenters. The van der Waals surface area contributed by atoms with Crippen LogP contribution in [0.2, 0.25) is 0 Å². The fraction of sp³-hybridized carbons (Fsp3) is 0.267. The predicted octanol–water partition coefficient (Wildman–Crippen LogP) is 2.99. The molecule has 0 bridgehead atoms. The Labute approximate surface area is 126 Å². The van der Waals surface area contributed by atoms with Gasteiger partial charge in [-0.15, -0.1) is 0 Å². The Morgan fingerprint density at radius 2 is 2.00 bits per heavy atom. The quantitative estimate of drug-likeness (QED) is 0.629. The highest BCUT2D eigenvalue weighted by Gasteiger charge is 2.12. The lowest BCUT2D eigenvalue weighted by Crippen LogP contribution is -2.37. The summed E-state index contributed by atoms with van der Waals surface area (Å²) in [5.74, 6) is 5.36. The molecule has 1 aromatic heterocycles. The summed E-state index contributed by atoms with van der Waals surface area (Å²) >= 11 is 3.28. The van der Waals surface area contributed by atoms with E-state index in [2.05, 4.69) is 26.3 Å². The number of nitrogens with zero attached hydrogens (tertiary/aromatic N) is 1. The Morgan fingerprint density at radius 3 is 2.70 bits per heavy atom. The minimum absolute atomic E-state index is 0.0984. The molecule has 1 heterocycles. The first-order valence-electron chi connectivity index (χ1n) is 6.48. The molecule has 0 amide bonds. The lowest BCUT2D eigenvalue weighted by molar-refractivity contribution is 0.489. The van der Waals surface area contributed by atoms with E-state index in [1.165, 1.54) is 11.6 Å². The summed E-state index contributed by atoms with van der Waals surface area (Å²) in [6.45, 7) is 0. The normalized spacial score (nSPS) is 12.3. The highest BCUT2D eigenvalue weighted by atomic mass is 79.9. The SMILES string of the molecule is NNC(CCc1ccncc1)Cc1cccc(F)c1Br. The van der Waals surface area contributed by atoms with Gasteiger partial charge in [-0.3, -0.25) is 16.3 Å². The molecule has 0 saturated heterocycles. The molecule has 1 atom stereocenters. The first kappa shape index (κ1) is 15.1. The predicted molar refractivity (Wildman–Crippen MR) is 81.5 cm³/mol. The van der Waals surface area contributed by atoms with Crippen LogP contribution >= 0.6 is 15.9 Å². The standard InChI is InChI=1S/C15H17BrFN3/c16-15-12(2-1-3-14(15)17)10-13(20-18)5-4-11-6-8-19-9-7-11/h1-3,6-9,13,20H,4-5,10,18H2. The molecule has 2 rings (SSSR count). The van der Waals surface area contributed by atoms with Gasteiger partial charge in [0.1, 0.15) is 5.82 Å². The minimum Gasteiger partial charge on any atom is -0.271 e. The zero-order valence-corrected chi connectivity index (χ0v) is 12.6. The molecule has 0 spiro atoms. The van der Waals surface area contributed by atoms with Crippen LogP contribution in [0.1, 0.15) is 17.5 Å². The zero-order valence-electron chi connectivity index (χ0n) is 11.0. The number of benzene rings is 1. The van der Waals surface area contributed by atoms with E-state index in [-0.39, 0.29) is 11.9 Å². The summed E-state index contributed by atoms with van der Waals surface area (Å²) in [5, 5.41) is 0.